The highest BCUT2D eigenvalue weighted by molar-refractivity contribution is 7.10. The molecule has 4 N–H and O–H groups in total. The van der Waals surface area contributed by atoms with Crippen LogP contribution in [0.5, 0.6) is 0 Å². The van der Waals surface area contributed by atoms with Crippen LogP contribution in [0.2, 0.25) is 0 Å². The third-order valence-electron chi connectivity index (χ3n) is 6.19. The first-order valence-electron chi connectivity index (χ1n) is 12.6. The molecule has 2 heterocycles. The van der Waals surface area contributed by atoms with Gasteiger partial charge >= 0.3 is 0 Å². The number of carbonyl (C=O) groups is 2. The summed E-state index contributed by atoms with van der Waals surface area (Å²) in [4.78, 5) is 33.4. The maximum Gasteiger partial charge on any atom is 0.251 e. The number of rotatable bonds is 12. The predicted molar refractivity (Wildman–Crippen MR) is 153 cm³/mol. The second kappa shape index (κ2) is 13.6. The monoisotopic (exact) mass is 527 g/mol. The quantitative estimate of drug-likeness (QED) is 0.254. The van der Waals surface area contributed by atoms with E-state index in [-0.39, 0.29) is 11.8 Å². The number of hydrogen-bond acceptors (Lipinski definition) is 6. The third kappa shape index (κ3) is 8.08. The molecule has 196 valence electrons. The van der Waals surface area contributed by atoms with E-state index < -0.39 is 0 Å². The average Bonchev–Trinajstić information content (AvgIpc) is 3.45. The second-order valence-corrected chi connectivity index (χ2v) is 10.2. The van der Waals surface area contributed by atoms with Crippen molar-refractivity contribution in [3.05, 3.63) is 117 Å². The summed E-state index contributed by atoms with van der Waals surface area (Å²) in [7, 11) is 2.04. The van der Waals surface area contributed by atoms with Crippen LogP contribution in [-0.2, 0) is 37.3 Å². The lowest BCUT2D eigenvalue weighted by atomic mass is 10.1. The lowest BCUT2D eigenvalue weighted by Crippen LogP contribution is -2.25. The van der Waals surface area contributed by atoms with Gasteiger partial charge in [-0.1, -0.05) is 42.5 Å². The lowest BCUT2D eigenvalue weighted by Gasteiger charge is -2.20. The number of likely N-dealkylation sites (N-methyl/N-ethyl adjacent to an activating group) is 1. The molecule has 2 amide bonds. The van der Waals surface area contributed by atoms with Crippen molar-refractivity contribution in [1.29, 1.82) is 0 Å². The molecular weight excluding hydrogens is 494 g/mol. The highest BCUT2D eigenvalue weighted by Gasteiger charge is 2.14. The van der Waals surface area contributed by atoms with E-state index in [0.29, 0.717) is 37.3 Å². The fourth-order valence-corrected chi connectivity index (χ4v) is 4.74. The van der Waals surface area contributed by atoms with Crippen LogP contribution in [0, 0.1) is 0 Å². The van der Waals surface area contributed by atoms with Crippen LogP contribution in [0.15, 0.2) is 84.4 Å². The lowest BCUT2D eigenvalue weighted by molar-refractivity contribution is -0.115. The highest BCUT2D eigenvalue weighted by atomic mass is 32.1. The molecule has 0 fully saturated rings. The minimum absolute atomic E-state index is 0.109. The molecule has 4 rings (SSSR count). The molecule has 38 heavy (non-hydrogen) atoms. The number of amides is 2. The van der Waals surface area contributed by atoms with Crippen LogP contribution in [0.1, 0.15) is 37.6 Å². The van der Waals surface area contributed by atoms with Gasteiger partial charge in [0, 0.05) is 60.6 Å². The topological polar surface area (TPSA) is 100 Å². The molecule has 2 aromatic carbocycles. The minimum atomic E-state index is -0.197. The third-order valence-corrected chi connectivity index (χ3v) is 7.07. The molecule has 0 atom stereocenters. The maximum atomic E-state index is 13.0. The van der Waals surface area contributed by atoms with Crippen LogP contribution < -0.4 is 16.4 Å². The van der Waals surface area contributed by atoms with Gasteiger partial charge in [0.05, 0.1) is 6.42 Å². The number of nitrogens with zero attached hydrogens (tertiary/aromatic N) is 2. The number of hydrogen-bond donors (Lipinski definition) is 3. The molecule has 2 aromatic heterocycles. The van der Waals surface area contributed by atoms with E-state index in [0.717, 1.165) is 40.2 Å². The number of aromatic nitrogens is 1. The summed E-state index contributed by atoms with van der Waals surface area (Å²) in [6.07, 6.45) is 2.92. The van der Waals surface area contributed by atoms with Crippen LogP contribution in [0.3, 0.4) is 0 Å². The Bertz CT molecular complexity index is 1320. The van der Waals surface area contributed by atoms with E-state index in [1.165, 1.54) is 0 Å². The van der Waals surface area contributed by atoms with Gasteiger partial charge in [-0.15, -0.1) is 11.3 Å². The molecule has 0 aliphatic rings. The van der Waals surface area contributed by atoms with Crippen molar-refractivity contribution in [3.8, 4) is 0 Å². The number of nitrogens with two attached hydrogens (primary N) is 1. The van der Waals surface area contributed by atoms with Gasteiger partial charge in [0.15, 0.2) is 0 Å². The van der Waals surface area contributed by atoms with Crippen molar-refractivity contribution >= 4 is 28.8 Å². The highest BCUT2D eigenvalue weighted by Crippen LogP contribution is 2.21. The molecule has 0 unspecified atom stereocenters. The number of pyridine rings is 1. The molecule has 0 spiro atoms. The fourth-order valence-electron chi connectivity index (χ4n) is 4.04. The van der Waals surface area contributed by atoms with Gasteiger partial charge in [0.25, 0.3) is 5.91 Å². The Morgan fingerprint density at radius 1 is 1.00 bits per heavy atom. The molecule has 0 bridgehead atoms. The summed E-state index contributed by atoms with van der Waals surface area (Å²) < 4.78 is 0. The zero-order chi connectivity index (χ0) is 26.7. The van der Waals surface area contributed by atoms with Crippen LogP contribution >= 0.6 is 11.3 Å². The summed E-state index contributed by atoms with van der Waals surface area (Å²) in [5, 5.41) is 7.97. The Balaban J connectivity index is 1.45. The normalized spacial score (nSPS) is 10.9. The zero-order valence-corrected chi connectivity index (χ0v) is 22.3. The average molecular weight is 528 g/mol. The summed E-state index contributed by atoms with van der Waals surface area (Å²) in [5.41, 5.74) is 10.8. The Morgan fingerprint density at radius 2 is 1.82 bits per heavy atom. The van der Waals surface area contributed by atoms with Crippen molar-refractivity contribution in [2.75, 3.05) is 18.9 Å². The summed E-state index contributed by atoms with van der Waals surface area (Å²) in [5.74, 6) is -0.306. The smallest absolute Gasteiger partial charge is 0.251 e. The molecule has 8 heteroatoms. The minimum Gasteiger partial charge on any atom is -0.348 e. The molecule has 7 nitrogen and oxygen atoms in total. The first kappa shape index (κ1) is 27.2. The number of anilines is 1. The SMILES string of the molecule is CN(CCc1ccccn1)Cc1ccc(C(=O)NCc2ccc(CN)cc2)cc1NC(=O)Cc1cccs1. The zero-order valence-electron chi connectivity index (χ0n) is 21.5. The molecule has 0 saturated carbocycles. The first-order chi connectivity index (χ1) is 18.5. The molecule has 0 aliphatic carbocycles. The van der Waals surface area contributed by atoms with Gasteiger partial charge in [-0.05, 0) is 59.4 Å². The number of nitrogens with one attached hydrogen (secondary N) is 2. The van der Waals surface area contributed by atoms with Gasteiger partial charge in [0.1, 0.15) is 0 Å². The number of thiophene rings is 1. The van der Waals surface area contributed by atoms with Crippen molar-refractivity contribution in [2.45, 2.75) is 32.5 Å². The molecule has 4 aromatic rings. The van der Waals surface area contributed by atoms with E-state index in [2.05, 4.69) is 20.5 Å². The summed E-state index contributed by atoms with van der Waals surface area (Å²) in [6, 6.07) is 23.1. The first-order valence-corrected chi connectivity index (χ1v) is 13.5. The standard InChI is InChI=1S/C30H33N5O2S/c1-35(15-13-26-5-2-3-14-32-26)21-25-12-11-24(17-28(25)34-29(36)18-27-6-4-16-38-27)30(37)33-20-23-9-7-22(19-31)8-10-23/h2-12,14,16-17H,13,15,18-21,31H2,1H3,(H,33,37)(H,34,36). The largest absolute Gasteiger partial charge is 0.348 e. The predicted octanol–water partition coefficient (Wildman–Crippen LogP) is 4.39. The van der Waals surface area contributed by atoms with Gasteiger partial charge in [0.2, 0.25) is 5.91 Å². The van der Waals surface area contributed by atoms with Crippen LogP contribution in [0.25, 0.3) is 0 Å². The van der Waals surface area contributed by atoms with Crippen molar-refractivity contribution in [1.82, 2.24) is 15.2 Å². The van der Waals surface area contributed by atoms with Gasteiger partial charge in [-0.3, -0.25) is 14.6 Å². The van der Waals surface area contributed by atoms with E-state index in [1.54, 1.807) is 23.6 Å². The van der Waals surface area contributed by atoms with Crippen LogP contribution in [0.4, 0.5) is 5.69 Å². The van der Waals surface area contributed by atoms with E-state index in [9.17, 15) is 9.59 Å². The fraction of sp³-hybridized carbons (Fsp3) is 0.233. The molecule has 0 aliphatic heterocycles. The van der Waals surface area contributed by atoms with E-state index in [4.69, 9.17) is 5.73 Å². The number of benzene rings is 2. The number of carbonyl (C=O) groups excluding carboxylic acids is 2. The van der Waals surface area contributed by atoms with Gasteiger partial charge in [-0.2, -0.15) is 0 Å². The van der Waals surface area contributed by atoms with E-state index >= 15 is 0 Å². The Hall–Kier alpha value is -3.85. The Labute approximate surface area is 227 Å². The van der Waals surface area contributed by atoms with E-state index in [1.807, 2.05) is 79.2 Å². The Morgan fingerprint density at radius 3 is 2.53 bits per heavy atom. The second-order valence-electron chi connectivity index (χ2n) is 9.19. The molecule has 0 saturated heterocycles. The summed E-state index contributed by atoms with van der Waals surface area (Å²) in [6.45, 7) is 2.32. The van der Waals surface area contributed by atoms with Gasteiger partial charge < -0.3 is 21.3 Å². The van der Waals surface area contributed by atoms with Crippen molar-refractivity contribution < 1.29 is 9.59 Å². The maximum absolute atomic E-state index is 13.0. The van der Waals surface area contributed by atoms with Crippen molar-refractivity contribution in [2.24, 2.45) is 5.73 Å². The summed E-state index contributed by atoms with van der Waals surface area (Å²) >= 11 is 1.55. The Kier molecular flexibility index (Phi) is 9.75. The van der Waals surface area contributed by atoms with Crippen molar-refractivity contribution in [3.63, 3.8) is 0 Å². The van der Waals surface area contributed by atoms with Gasteiger partial charge in [-0.25, -0.2) is 0 Å². The molecular formula is C30H33N5O2S. The molecule has 0 radical (unpaired) electrons. The van der Waals surface area contributed by atoms with Crippen LogP contribution in [-0.4, -0.2) is 35.3 Å².